The standard InChI is InChI=1S/C13H25N3/c1-6-11(7-2)13-9-12(10-15(4)5)16(8-3)14-13/h9,11H,6-8,10H2,1-5H3. The van der Waals surface area contributed by atoms with E-state index >= 15 is 0 Å². The molecule has 0 N–H and O–H groups in total. The van der Waals surface area contributed by atoms with Crippen molar-refractivity contribution < 1.29 is 0 Å². The van der Waals surface area contributed by atoms with Crippen LogP contribution in [-0.4, -0.2) is 28.8 Å². The fraction of sp³-hybridized carbons (Fsp3) is 0.769. The molecule has 16 heavy (non-hydrogen) atoms. The van der Waals surface area contributed by atoms with Crippen LogP contribution in [0.5, 0.6) is 0 Å². The van der Waals surface area contributed by atoms with E-state index < -0.39 is 0 Å². The van der Waals surface area contributed by atoms with E-state index in [2.05, 4.69) is 50.5 Å². The highest BCUT2D eigenvalue weighted by molar-refractivity contribution is 5.14. The van der Waals surface area contributed by atoms with Gasteiger partial charge in [-0.05, 0) is 39.9 Å². The molecular weight excluding hydrogens is 198 g/mol. The Labute approximate surface area is 99.4 Å². The van der Waals surface area contributed by atoms with Crippen LogP contribution in [0.4, 0.5) is 0 Å². The van der Waals surface area contributed by atoms with Crippen LogP contribution in [-0.2, 0) is 13.1 Å². The molecule has 1 aromatic rings. The lowest BCUT2D eigenvalue weighted by molar-refractivity contribution is 0.383. The van der Waals surface area contributed by atoms with Gasteiger partial charge in [0.1, 0.15) is 0 Å². The number of hydrogen-bond donors (Lipinski definition) is 0. The Balaban J connectivity index is 2.92. The van der Waals surface area contributed by atoms with E-state index in [1.54, 1.807) is 0 Å². The van der Waals surface area contributed by atoms with Gasteiger partial charge >= 0.3 is 0 Å². The van der Waals surface area contributed by atoms with E-state index in [0.29, 0.717) is 5.92 Å². The molecule has 1 rings (SSSR count). The zero-order valence-corrected chi connectivity index (χ0v) is 11.3. The molecule has 0 unspecified atom stereocenters. The van der Waals surface area contributed by atoms with Crippen molar-refractivity contribution in [2.75, 3.05) is 14.1 Å². The van der Waals surface area contributed by atoms with Crippen molar-refractivity contribution in [1.29, 1.82) is 0 Å². The summed E-state index contributed by atoms with van der Waals surface area (Å²) in [5, 5.41) is 4.71. The monoisotopic (exact) mass is 223 g/mol. The van der Waals surface area contributed by atoms with Crippen LogP contribution >= 0.6 is 0 Å². The minimum atomic E-state index is 0.619. The van der Waals surface area contributed by atoms with Gasteiger partial charge in [-0.3, -0.25) is 4.68 Å². The van der Waals surface area contributed by atoms with Crippen molar-refractivity contribution in [3.63, 3.8) is 0 Å². The first kappa shape index (κ1) is 13.2. The molecule has 0 aliphatic rings. The molecular formula is C13H25N3. The van der Waals surface area contributed by atoms with Crippen molar-refractivity contribution in [2.45, 2.75) is 52.6 Å². The van der Waals surface area contributed by atoms with Gasteiger partial charge in [-0.25, -0.2) is 0 Å². The third kappa shape index (κ3) is 3.08. The fourth-order valence-electron chi connectivity index (χ4n) is 2.11. The average molecular weight is 223 g/mol. The van der Waals surface area contributed by atoms with Crippen molar-refractivity contribution in [3.8, 4) is 0 Å². The molecule has 0 atom stereocenters. The Morgan fingerprint density at radius 2 is 1.88 bits per heavy atom. The van der Waals surface area contributed by atoms with Crippen LogP contribution in [0.25, 0.3) is 0 Å². The summed E-state index contributed by atoms with van der Waals surface area (Å²) < 4.78 is 2.13. The Morgan fingerprint density at radius 3 is 2.31 bits per heavy atom. The maximum Gasteiger partial charge on any atom is 0.0658 e. The summed E-state index contributed by atoms with van der Waals surface area (Å²) in [4.78, 5) is 2.19. The smallest absolute Gasteiger partial charge is 0.0658 e. The second kappa shape index (κ2) is 6.04. The normalized spacial score (nSPS) is 11.7. The number of aryl methyl sites for hydroxylation is 1. The highest BCUT2D eigenvalue weighted by Gasteiger charge is 2.14. The highest BCUT2D eigenvalue weighted by Crippen LogP contribution is 2.22. The lowest BCUT2D eigenvalue weighted by Gasteiger charge is -2.10. The number of hydrogen-bond acceptors (Lipinski definition) is 2. The van der Waals surface area contributed by atoms with Gasteiger partial charge in [0.25, 0.3) is 0 Å². The van der Waals surface area contributed by atoms with Crippen LogP contribution < -0.4 is 0 Å². The Hall–Kier alpha value is -0.830. The maximum atomic E-state index is 4.71. The molecule has 0 aliphatic carbocycles. The minimum Gasteiger partial charge on any atom is -0.304 e. The summed E-state index contributed by atoms with van der Waals surface area (Å²) in [6, 6.07) is 2.28. The van der Waals surface area contributed by atoms with Crippen molar-refractivity contribution in [2.24, 2.45) is 0 Å². The van der Waals surface area contributed by atoms with Crippen LogP contribution in [0.3, 0.4) is 0 Å². The predicted molar refractivity (Wildman–Crippen MR) is 68.6 cm³/mol. The predicted octanol–water partition coefficient (Wildman–Crippen LogP) is 2.87. The van der Waals surface area contributed by atoms with Crippen LogP contribution in [0.2, 0.25) is 0 Å². The molecule has 1 aromatic heterocycles. The lowest BCUT2D eigenvalue weighted by atomic mass is 9.99. The van der Waals surface area contributed by atoms with E-state index in [1.165, 1.54) is 24.2 Å². The molecule has 1 heterocycles. The van der Waals surface area contributed by atoms with Gasteiger partial charge in [-0.1, -0.05) is 13.8 Å². The van der Waals surface area contributed by atoms with E-state index in [-0.39, 0.29) is 0 Å². The van der Waals surface area contributed by atoms with Crippen LogP contribution in [0, 0.1) is 0 Å². The minimum absolute atomic E-state index is 0.619. The topological polar surface area (TPSA) is 21.1 Å². The van der Waals surface area contributed by atoms with Gasteiger partial charge in [0.2, 0.25) is 0 Å². The molecule has 3 nitrogen and oxygen atoms in total. The summed E-state index contributed by atoms with van der Waals surface area (Å²) >= 11 is 0. The molecule has 0 aromatic carbocycles. The van der Waals surface area contributed by atoms with Gasteiger partial charge in [-0.15, -0.1) is 0 Å². The Kier molecular flexibility index (Phi) is 5.00. The summed E-state index contributed by atoms with van der Waals surface area (Å²) in [5.41, 5.74) is 2.60. The molecule has 0 fully saturated rings. The summed E-state index contributed by atoms with van der Waals surface area (Å²) in [6.07, 6.45) is 2.36. The molecule has 92 valence electrons. The first-order chi connectivity index (χ1) is 7.62. The van der Waals surface area contributed by atoms with Gasteiger partial charge in [0, 0.05) is 19.0 Å². The molecule has 0 amide bonds. The number of aromatic nitrogens is 2. The van der Waals surface area contributed by atoms with E-state index in [0.717, 1.165) is 13.1 Å². The largest absolute Gasteiger partial charge is 0.304 e. The van der Waals surface area contributed by atoms with Crippen LogP contribution in [0.15, 0.2) is 6.07 Å². The van der Waals surface area contributed by atoms with E-state index in [9.17, 15) is 0 Å². The second-order valence-corrected chi connectivity index (χ2v) is 4.63. The quantitative estimate of drug-likeness (QED) is 0.739. The Morgan fingerprint density at radius 1 is 1.25 bits per heavy atom. The zero-order chi connectivity index (χ0) is 12.1. The zero-order valence-electron chi connectivity index (χ0n) is 11.3. The third-order valence-electron chi connectivity index (χ3n) is 3.06. The lowest BCUT2D eigenvalue weighted by Crippen LogP contribution is -2.14. The van der Waals surface area contributed by atoms with Crippen LogP contribution in [0.1, 0.15) is 50.9 Å². The summed E-state index contributed by atoms with van der Waals surface area (Å²) in [7, 11) is 4.20. The summed E-state index contributed by atoms with van der Waals surface area (Å²) in [5.74, 6) is 0.619. The average Bonchev–Trinajstić information content (AvgIpc) is 2.62. The molecule has 0 aliphatic heterocycles. The van der Waals surface area contributed by atoms with Crippen molar-refractivity contribution in [3.05, 3.63) is 17.5 Å². The third-order valence-corrected chi connectivity index (χ3v) is 3.06. The molecule has 0 saturated heterocycles. The second-order valence-electron chi connectivity index (χ2n) is 4.63. The number of rotatable bonds is 6. The molecule has 0 bridgehead atoms. The molecule has 0 spiro atoms. The van der Waals surface area contributed by atoms with Gasteiger partial charge in [0.05, 0.1) is 11.4 Å². The molecule has 0 saturated carbocycles. The van der Waals surface area contributed by atoms with Gasteiger partial charge in [-0.2, -0.15) is 5.10 Å². The van der Waals surface area contributed by atoms with Gasteiger partial charge < -0.3 is 4.90 Å². The molecule has 3 heteroatoms. The first-order valence-corrected chi connectivity index (χ1v) is 6.33. The van der Waals surface area contributed by atoms with Crippen molar-refractivity contribution >= 4 is 0 Å². The summed E-state index contributed by atoms with van der Waals surface area (Å²) in [6.45, 7) is 8.57. The fourth-order valence-corrected chi connectivity index (χ4v) is 2.11. The van der Waals surface area contributed by atoms with Gasteiger partial charge in [0.15, 0.2) is 0 Å². The highest BCUT2D eigenvalue weighted by atomic mass is 15.3. The van der Waals surface area contributed by atoms with E-state index in [4.69, 9.17) is 5.10 Å². The van der Waals surface area contributed by atoms with E-state index in [1.807, 2.05) is 0 Å². The SMILES string of the molecule is CCC(CC)c1cc(CN(C)C)n(CC)n1. The first-order valence-electron chi connectivity index (χ1n) is 6.33. The maximum absolute atomic E-state index is 4.71. The molecule has 0 radical (unpaired) electrons. The van der Waals surface area contributed by atoms with Crippen molar-refractivity contribution in [1.82, 2.24) is 14.7 Å². The number of nitrogens with zero attached hydrogens (tertiary/aromatic N) is 3. The Bertz CT molecular complexity index is 311.